The van der Waals surface area contributed by atoms with Crippen LogP contribution in [0.1, 0.15) is 25.0 Å². The van der Waals surface area contributed by atoms with Crippen LogP contribution in [-0.2, 0) is 41.7 Å². The molecule has 26 nitrogen and oxygen atoms in total. The van der Waals surface area contributed by atoms with Crippen LogP contribution in [0.25, 0.3) is 12.2 Å². The van der Waals surface area contributed by atoms with Crippen LogP contribution in [-0.4, -0.2) is 146 Å². The molecule has 67 heavy (non-hydrogen) atoms. The van der Waals surface area contributed by atoms with Crippen molar-refractivity contribution in [1.82, 2.24) is 29.9 Å². The topological polar surface area (TPSA) is 402 Å². The van der Waals surface area contributed by atoms with Crippen LogP contribution in [0.2, 0.25) is 0 Å². The number of anilines is 8. The minimum atomic E-state index is -5.18. The summed E-state index contributed by atoms with van der Waals surface area (Å²) in [5.74, 6) is -2.84. The summed E-state index contributed by atoms with van der Waals surface area (Å²) in [7, 11) is -12.7. The molecule has 4 rings (SSSR count). The van der Waals surface area contributed by atoms with Crippen LogP contribution in [0.5, 0.6) is 5.75 Å². The molecule has 3 atom stereocenters. The third kappa shape index (κ3) is 24.0. The fourth-order valence-electron chi connectivity index (χ4n) is 5.07. The van der Waals surface area contributed by atoms with Gasteiger partial charge in [-0.15, -0.1) is 0 Å². The molecular formula is C33H42N12Na4O14S4. The number of aliphatic hydroxyl groups excluding tert-OH is 2. The van der Waals surface area contributed by atoms with Gasteiger partial charge in [-0.3, -0.25) is 0 Å². The molecule has 2 aromatic carbocycles. The summed E-state index contributed by atoms with van der Waals surface area (Å²) >= 11 is -3.11. The van der Waals surface area contributed by atoms with Crippen molar-refractivity contribution < 1.29 is 180 Å². The molecule has 0 spiro atoms. The number of aliphatic hydroxyl groups is 2. The van der Waals surface area contributed by atoms with E-state index in [1.54, 1.807) is 25.8 Å². The van der Waals surface area contributed by atoms with Gasteiger partial charge in [0, 0.05) is 69.4 Å². The zero-order valence-electron chi connectivity index (χ0n) is 37.5. The molecular weight excluding hydrogens is 1010 g/mol. The molecule has 4 aromatic rings. The quantitative estimate of drug-likeness (QED) is 0.0140. The van der Waals surface area contributed by atoms with E-state index in [-0.39, 0.29) is 227 Å². The standard InChI is InChI=1S/C33H46N12O14S4.4Na/c1-20(18-46)16-36-30-39-28(34-10-12-61(50,51)52)40-31(42-30)38-25-9-7-23(27(15-25)63(56,57)58)5-4-22-6-8-24(14-26(22)59-60(48)49)37-32-41-29(35-11-13-62(53,54)55)43-33(44-32)45(3)17-21(2)19-47;;;;/h4-9,14-15,20-21,46-47H,10-13,16-19H2,1-3H3,(H,48,49)(H,50,51,52)(H,53,54,55)(H,56,57,58)(H2,35,37,41,43,44)(H3,34,36,38,39,40,42);;;;/q;4*+1/p-4. The van der Waals surface area contributed by atoms with Gasteiger partial charge in [0.25, 0.3) is 0 Å². The summed E-state index contributed by atoms with van der Waals surface area (Å²) in [4.78, 5) is 26.0. The minimum absolute atomic E-state index is 0. The Morgan fingerprint density at radius 1 is 0.687 bits per heavy atom. The molecule has 0 radical (unpaired) electrons. The number of hydrogen-bond acceptors (Lipinski definition) is 26. The van der Waals surface area contributed by atoms with E-state index in [0.29, 0.717) is 6.54 Å². The number of benzene rings is 2. The monoisotopic (exact) mass is 1050 g/mol. The smallest absolute Gasteiger partial charge is 0.748 e. The summed E-state index contributed by atoms with van der Waals surface area (Å²) in [5.41, 5.74) is 0.116. The molecule has 0 saturated carbocycles. The van der Waals surface area contributed by atoms with E-state index in [0.717, 1.165) is 6.07 Å². The van der Waals surface area contributed by atoms with E-state index < -0.39 is 58.1 Å². The van der Waals surface area contributed by atoms with E-state index in [1.807, 2.05) is 0 Å². The van der Waals surface area contributed by atoms with Crippen molar-refractivity contribution in [1.29, 1.82) is 0 Å². The van der Waals surface area contributed by atoms with Crippen LogP contribution in [0.4, 0.5) is 47.1 Å². The average molecular weight is 1050 g/mol. The first kappa shape index (κ1) is 65.6. The maximum absolute atomic E-state index is 12.5. The van der Waals surface area contributed by atoms with Crippen molar-refractivity contribution in [2.45, 2.75) is 18.7 Å². The van der Waals surface area contributed by atoms with Crippen molar-refractivity contribution in [3.63, 3.8) is 0 Å². The zero-order valence-corrected chi connectivity index (χ0v) is 48.8. The van der Waals surface area contributed by atoms with Crippen LogP contribution in [0.15, 0.2) is 41.3 Å². The number of aromatic nitrogens is 6. The Labute approximate surface area is 478 Å². The van der Waals surface area contributed by atoms with Gasteiger partial charge in [0.1, 0.15) is 27.2 Å². The molecule has 2 aromatic heterocycles. The van der Waals surface area contributed by atoms with Crippen molar-refractivity contribution in [3.8, 4) is 5.75 Å². The second-order valence-electron chi connectivity index (χ2n) is 13.6. The molecule has 7 N–H and O–H groups in total. The zero-order chi connectivity index (χ0) is 46.5. The van der Waals surface area contributed by atoms with Gasteiger partial charge in [0.15, 0.2) is 0 Å². The molecule has 0 bridgehead atoms. The first-order valence-electron chi connectivity index (χ1n) is 18.3. The second kappa shape index (κ2) is 30.4. The molecule has 3 unspecified atom stereocenters. The molecule has 346 valence electrons. The fourth-order valence-corrected chi connectivity index (χ4v) is 6.76. The van der Waals surface area contributed by atoms with Crippen LogP contribution < -0.4 is 154 Å². The molecule has 0 fully saturated rings. The van der Waals surface area contributed by atoms with Crippen molar-refractivity contribution in [3.05, 3.63) is 47.5 Å². The van der Waals surface area contributed by atoms with Gasteiger partial charge in [-0.05, 0) is 41.7 Å². The first-order chi connectivity index (χ1) is 29.5. The van der Waals surface area contributed by atoms with Crippen LogP contribution in [0, 0.1) is 11.8 Å². The number of nitrogens with one attached hydrogen (secondary N) is 5. The van der Waals surface area contributed by atoms with Crippen LogP contribution >= 0.6 is 0 Å². The summed E-state index contributed by atoms with van der Waals surface area (Å²) in [6.07, 6.45) is 2.48. The Bertz CT molecular complexity index is 2630. The maximum atomic E-state index is 12.5. The first-order valence-corrected chi connectivity index (χ1v) is 23.8. The summed E-state index contributed by atoms with van der Waals surface area (Å²) in [5, 5.41) is 32.6. The van der Waals surface area contributed by atoms with E-state index in [4.69, 9.17) is 4.18 Å². The van der Waals surface area contributed by atoms with E-state index >= 15 is 0 Å². The molecule has 0 amide bonds. The number of rotatable bonds is 25. The SMILES string of the molecule is CC(CO)CNc1nc(NCCS(=O)(=O)[O-])nc(Nc2ccc(C=Cc3ccc(Nc4nc(NCCS(=O)(=O)[O-])nc(N(C)CC(C)CO)n4)cc3OS(=O)[O-])c(S(=O)(=O)[O-])c2)n1.[Na+].[Na+].[Na+].[Na+]. The average Bonchev–Trinajstić information content (AvgIpc) is 3.18. The predicted molar refractivity (Wildman–Crippen MR) is 226 cm³/mol. The van der Waals surface area contributed by atoms with Gasteiger partial charge >= 0.3 is 118 Å². The van der Waals surface area contributed by atoms with Gasteiger partial charge in [-0.2, -0.15) is 29.9 Å². The Morgan fingerprint density at radius 2 is 1.13 bits per heavy atom. The molecule has 0 saturated heterocycles. The predicted octanol–water partition coefficient (Wildman–Crippen LogP) is -12.2. The molecule has 0 aliphatic rings. The van der Waals surface area contributed by atoms with Gasteiger partial charge < -0.3 is 64.1 Å². The van der Waals surface area contributed by atoms with E-state index in [9.17, 15) is 57.9 Å². The third-order valence-electron chi connectivity index (χ3n) is 8.10. The number of hydrogen-bond donors (Lipinski definition) is 7. The fraction of sp³-hybridized carbons (Fsp3) is 0.394. The van der Waals surface area contributed by atoms with Crippen molar-refractivity contribution in [2.75, 3.05) is 89.4 Å². The van der Waals surface area contributed by atoms with Gasteiger partial charge in [-0.25, -0.2) is 29.5 Å². The number of nitrogens with zero attached hydrogens (tertiary/aromatic N) is 7. The van der Waals surface area contributed by atoms with Gasteiger partial charge in [0.2, 0.25) is 35.7 Å². The Morgan fingerprint density at radius 3 is 1.64 bits per heavy atom. The Balaban J connectivity index is 0.0000109. The summed E-state index contributed by atoms with van der Waals surface area (Å²) in [6, 6.07) is 7.65. The molecule has 34 heteroatoms. The molecule has 0 aliphatic carbocycles. The Kier molecular flexibility index (Phi) is 29.8. The molecule has 2 heterocycles. The van der Waals surface area contributed by atoms with Crippen molar-refractivity contribution >= 4 is 101 Å². The second-order valence-corrected chi connectivity index (χ2v) is 18.6. The van der Waals surface area contributed by atoms with Gasteiger partial charge in [0.05, 0.1) is 36.6 Å². The van der Waals surface area contributed by atoms with Gasteiger partial charge in [-0.1, -0.05) is 32.1 Å². The summed E-state index contributed by atoms with van der Waals surface area (Å²) in [6.45, 7) is 2.99. The van der Waals surface area contributed by atoms with Crippen molar-refractivity contribution in [2.24, 2.45) is 11.8 Å². The third-order valence-corrected chi connectivity index (χ3v) is 10.7. The Hall–Kier alpha value is -1.44. The maximum Gasteiger partial charge on any atom is 1.00 e. The van der Waals surface area contributed by atoms with E-state index in [2.05, 4.69) is 56.5 Å². The normalized spacial score (nSPS) is 12.7. The molecule has 0 aliphatic heterocycles. The van der Waals surface area contributed by atoms with Crippen LogP contribution in [0.3, 0.4) is 0 Å². The summed E-state index contributed by atoms with van der Waals surface area (Å²) < 4.78 is 132. The van der Waals surface area contributed by atoms with E-state index in [1.165, 1.54) is 42.5 Å². The largest absolute Gasteiger partial charge is 1.00 e. The minimum Gasteiger partial charge on any atom is -0.748 e.